The lowest BCUT2D eigenvalue weighted by atomic mass is 10.0. The number of carbonyl (C=O) groups excluding carboxylic acids is 2. The number of hydrogen-bond donors (Lipinski definition) is 0. The molecule has 0 radical (unpaired) electrons. The number of carbonyl (C=O) groups is 2. The summed E-state index contributed by atoms with van der Waals surface area (Å²) in [5.74, 6) is 0.559. The molecule has 4 rings (SSSR count). The molecule has 0 atom stereocenters. The lowest BCUT2D eigenvalue weighted by molar-refractivity contribution is 0.0988. The van der Waals surface area contributed by atoms with E-state index in [2.05, 4.69) is 4.98 Å². The second-order valence-electron chi connectivity index (χ2n) is 7.78. The van der Waals surface area contributed by atoms with Gasteiger partial charge in [-0.2, -0.15) is 0 Å². The average molecular weight is 432 g/mol. The van der Waals surface area contributed by atoms with E-state index in [9.17, 15) is 9.59 Å². The summed E-state index contributed by atoms with van der Waals surface area (Å²) in [5.41, 5.74) is 5.30. The monoisotopic (exact) mass is 431 g/mol. The Morgan fingerprint density at radius 2 is 1.71 bits per heavy atom. The Hall–Kier alpha value is -3.24. The molecule has 5 heteroatoms. The standard InChI is InChI=1S/C26H22ClNO3/c1-5-17-12-19-20(13-22(17)27)25(30)21(24(19)29)10-15(3)11-23-16(4)28-26(31-23)18-8-6-14(2)7-9-18/h6-13H,5H2,1-4H3/b15-11+,21-10-. The van der Waals surface area contributed by atoms with Crippen molar-refractivity contribution in [1.29, 1.82) is 0 Å². The highest BCUT2D eigenvalue weighted by Gasteiger charge is 2.33. The molecule has 1 aliphatic rings. The number of allylic oxidation sites excluding steroid dienone is 3. The van der Waals surface area contributed by atoms with Gasteiger partial charge in [-0.3, -0.25) is 9.59 Å². The van der Waals surface area contributed by atoms with Gasteiger partial charge in [0.15, 0.2) is 17.3 Å². The van der Waals surface area contributed by atoms with Gasteiger partial charge in [0.25, 0.3) is 0 Å². The molecule has 1 aromatic heterocycles. The molecule has 0 aliphatic heterocycles. The van der Waals surface area contributed by atoms with Gasteiger partial charge in [-0.1, -0.05) is 36.2 Å². The van der Waals surface area contributed by atoms with Crippen molar-refractivity contribution in [3.8, 4) is 11.5 Å². The normalized spacial score (nSPS) is 15.1. The van der Waals surface area contributed by atoms with Gasteiger partial charge < -0.3 is 4.42 Å². The molecule has 3 aromatic rings. The highest BCUT2D eigenvalue weighted by molar-refractivity contribution is 6.41. The minimum Gasteiger partial charge on any atom is -0.436 e. The minimum absolute atomic E-state index is 0.143. The van der Waals surface area contributed by atoms with Crippen molar-refractivity contribution in [2.45, 2.75) is 34.1 Å². The van der Waals surface area contributed by atoms with Crippen LogP contribution in [0.25, 0.3) is 17.5 Å². The summed E-state index contributed by atoms with van der Waals surface area (Å²) in [5, 5.41) is 0.511. The number of rotatable bonds is 4. The number of nitrogens with zero attached hydrogens (tertiary/aromatic N) is 1. The fourth-order valence-corrected chi connectivity index (χ4v) is 3.92. The Morgan fingerprint density at radius 3 is 2.35 bits per heavy atom. The minimum atomic E-state index is -0.299. The Bertz CT molecular complexity index is 1280. The largest absolute Gasteiger partial charge is 0.436 e. The summed E-state index contributed by atoms with van der Waals surface area (Å²) in [6, 6.07) is 11.3. The highest BCUT2D eigenvalue weighted by Crippen LogP contribution is 2.32. The quantitative estimate of drug-likeness (QED) is 0.345. The molecule has 1 heterocycles. The summed E-state index contributed by atoms with van der Waals surface area (Å²) in [4.78, 5) is 30.2. The molecule has 0 amide bonds. The van der Waals surface area contributed by atoms with Gasteiger partial charge in [0, 0.05) is 21.7 Å². The summed E-state index contributed by atoms with van der Waals surface area (Å²) in [6.07, 6.45) is 4.10. The summed E-state index contributed by atoms with van der Waals surface area (Å²) in [7, 11) is 0. The van der Waals surface area contributed by atoms with Gasteiger partial charge in [-0.25, -0.2) is 4.98 Å². The molecule has 0 unspecified atom stereocenters. The lowest BCUT2D eigenvalue weighted by Gasteiger charge is -2.03. The predicted molar refractivity (Wildman–Crippen MR) is 123 cm³/mol. The molecule has 2 aromatic carbocycles. The van der Waals surface area contributed by atoms with Gasteiger partial charge in [-0.05, 0) is 74.7 Å². The van der Waals surface area contributed by atoms with E-state index in [0.29, 0.717) is 34.2 Å². The van der Waals surface area contributed by atoms with Crippen LogP contribution in [0.3, 0.4) is 0 Å². The smallest absolute Gasteiger partial charge is 0.226 e. The number of oxazole rings is 1. The van der Waals surface area contributed by atoms with Crippen molar-refractivity contribution in [1.82, 2.24) is 4.98 Å². The number of aromatic nitrogens is 1. The van der Waals surface area contributed by atoms with Crippen LogP contribution in [0.4, 0.5) is 0 Å². The maximum Gasteiger partial charge on any atom is 0.226 e. The van der Waals surface area contributed by atoms with Crippen LogP contribution < -0.4 is 0 Å². The predicted octanol–water partition coefficient (Wildman–Crippen LogP) is 6.58. The maximum atomic E-state index is 12.9. The maximum absolute atomic E-state index is 12.9. The van der Waals surface area contributed by atoms with E-state index in [-0.39, 0.29) is 17.1 Å². The topological polar surface area (TPSA) is 60.2 Å². The van der Waals surface area contributed by atoms with Gasteiger partial charge in [-0.15, -0.1) is 0 Å². The van der Waals surface area contributed by atoms with Crippen molar-refractivity contribution in [2.24, 2.45) is 0 Å². The van der Waals surface area contributed by atoms with E-state index in [1.165, 1.54) is 0 Å². The Balaban J connectivity index is 1.66. The fourth-order valence-electron chi connectivity index (χ4n) is 3.63. The fraction of sp³-hybridized carbons (Fsp3) is 0.192. The molecule has 0 bridgehead atoms. The number of aryl methyl sites for hydroxylation is 3. The zero-order valence-electron chi connectivity index (χ0n) is 17.9. The second kappa shape index (κ2) is 8.12. The Kier molecular flexibility index (Phi) is 5.50. The van der Waals surface area contributed by atoms with E-state index >= 15 is 0 Å². The van der Waals surface area contributed by atoms with Crippen molar-refractivity contribution < 1.29 is 14.0 Å². The lowest BCUT2D eigenvalue weighted by Crippen LogP contribution is -2.00. The van der Waals surface area contributed by atoms with E-state index < -0.39 is 0 Å². The van der Waals surface area contributed by atoms with Gasteiger partial charge >= 0.3 is 0 Å². The van der Waals surface area contributed by atoms with E-state index in [1.807, 2.05) is 52.0 Å². The van der Waals surface area contributed by atoms with Crippen LogP contribution in [0.5, 0.6) is 0 Å². The van der Waals surface area contributed by atoms with Crippen molar-refractivity contribution in [3.05, 3.63) is 92.4 Å². The third-order valence-electron chi connectivity index (χ3n) is 5.41. The van der Waals surface area contributed by atoms with Gasteiger partial charge in [0.05, 0.1) is 11.3 Å². The van der Waals surface area contributed by atoms with Crippen molar-refractivity contribution >= 4 is 29.2 Å². The van der Waals surface area contributed by atoms with Crippen molar-refractivity contribution in [2.75, 3.05) is 0 Å². The summed E-state index contributed by atoms with van der Waals surface area (Å²) < 4.78 is 5.93. The van der Waals surface area contributed by atoms with Crippen LogP contribution in [0, 0.1) is 13.8 Å². The van der Waals surface area contributed by atoms with Crippen molar-refractivity contribution in [3.63, 3.8) is 0 Å². The SMILES string of the molecule is CCc1cc2c(cc1Cl)C(=O)/C(=C\C(C)=C\c1oc(-c3ccc(C)cc3)nc1C)C2=O. The van der Waals surface area contributed by atoms with E-state index in [0.717, 1.165) is 28.0 Å². The molecular weight excluding hydrogens is 410 g/mol. The van der Waals surface area contributed by atoms with E-state index in [1.54, 1.807) is 24.3 Å². The molecule has 156 valence electrons. The summed E-state index contributed by atoms with van der Waals surface area (Å²) in [6.45, 7) is 7.68. The first kappa shape index (κ1) is 21.0. The highest BCUT2D eigenvalue weighted by atomic mass is 35.5. The van der Waals surface area contributed by atoms with Crippen LogP contribution in [-0.4, -0.2) is 16.6 Å². The molecule has 0 saturated heterocycles. The molecule has 0 saturated carbocycles. The first-order valence-corrected chi connectivity index (χ1v) is 10.5. The zero-order valence-corrected chi connectivity index (χ0v) is 18.6. The molecule has 4 nitrogen and oxygen atoms in total. The van der Waals surface area contributed by atoms with Crippen LogP contribution in [0.15, 0.2) is 58.0 Å². The molecule has 0 fully saturated rings. The van der Waals surface area contributed by atoms with Gasteiger partial charge in [0.2, 0.25) is 5.89 Å². The first-order chi connectivity index (χ1) is 14.8. The molecule has 0 N–H and O–H groups in total. The molecule has 1 aliphatic carbocycles. The number of fused-ring (bicyclic) bond motifs is 1. The number of benzene rings is 2. The summed E-state index contributed by atoms with van der Waals surface area (Å²) >= 11 is 6.25. The second-order valence-corrected chi connectivity index (χ2v) is 8.19. The van der Waals surface area contributed by atoms with Crippen LogP contribution in [0.2, 0.25) is 5.02 Å². The number of ketones is 2. The third kappa shape index (κ3) is 3.91. The van der Waals surface area contributed by atoms with Gasteiger partial charge in [0.1, 0.15) is 0 Å². The molecular formula is C26H22ClNO3. The van der Waals surface area contributed by atoms with Crippen LogP contribution in [-0.2, 0) is 6.42 Å². The molecule has 31 heavy (non-hydrogen) atoms. The van der Waals surface area contributed by atoms with Crippen LogP contribution >= 0.6 is 11.6 Å². The number of hydrogen-bond acceptors (Lipinski definition) is 4. The zero-order chi connectivity index (χ0) is 22.3. The number of halogens is 1. The first-order valence-electron chi connectivity index (χ1n) is 10.1. The Labute approximate surface area is 186 Å². The third-order valence-corrected chi connectivity index (χ3v) is 5.76. The van der Waals surface area contributed by atoms with Crippen LogP contribution in [0.1, 0.15) is 57.1 Å². The molecule has 0 spiro atoms. The number of Topliss-reactive ketones (excluding diaryl/α,β-unsaturated/α-hetero) is 2. The average Bonchev–Trinajstić information content (AvgIpc) is 3.20. The van der Waals surface area contributed by atoms with E-state index in [4.69, 9.17) is 16.0 Å². The Morgan fingerprint density at radius 1 is 1.06 bits per heavy atom.